The molecule has 0 aliphatic rings. The standard InChI is InChI=1S/C17H27NO2/c1-5-13-20-15-11-7-6-9-14(15)10-8-12-18-16(19)17(2,3)4/h6-7,9,11H,5,8,10,12-13H2,1-4H3,(H,18,19). The summed E-state index contributed by atoms with van der Waals surface area (Å²) in [7, 11) is 0. The summed E-state index contributed by atoms with van der Waals surface area (Å²) in [5.41, 5.74) is 0.897. The van der Waals surface area contributed by atoms with E-state index in [9.17, 15) is 4.79 Å². The van der Waals surface area contributed by atoms with Crippen LogP contribution in [0.5, 0.6) is 5.75 Å². The van der Waals surface area contributed by atoms with E-state index < -0.39 is 0 Å². The van der Waals surface area contributed by atoms with Crippen molar-refractivity contribution in [2.24, 2.45) is 5.41 Å². The summed E-state index contributed by atoms with van der Waals surface area (Å²) in [6.45, 7) is 9.34. The van der Waals surface area contributed by atoms with Crippen molar-refractivity contribution in [2.45, 2.75) is 47.0 Å². The zero-order chi connectivity index (χ0) is 15.0. The fourth-order valence-electron chi connectivity index (χ4n) is 1.81. The SMILES string of the molecule is CCCOc1ccccc1CCCNC(=O)C(C)(C)C. The van der Waals surface area contributed by atoms with E-state index in [0.29, 0.717) is 6.54 Å². The minimum atomic E-state index is -0.317. The molecule has 0 fully saturated rings. The number of amides is 1. The number of rotatable bonds is 7. The number of para-hydroxylation sites is 1. The molecule has 1 aromatic rings. The van der Waals surface area contributed by atoms with Crippen molar-refractivity contribution < 1.29 is 9.53 Å². The van der Waals surface area contributed by atoms with Crippen LogP contribution in [0.2, 0.25) is 0 Å². The van der Waals surface area contributed by atoms with Crippen molar-refractivity contribution in [3.63, 3.8) is 0 Å². The van der Waals surface area contributed by atoms with Gasteiger partial charge in [-0.15, -0.1) is 0 Å². The highest BCUT2D eigenvalue weighted by molar-refractivity contribution is 5.81. The predicted octanol–water partition coefficient (Wildman–Crippen LogP) is 3.57. The van der Waals surface area contributed by atoms with E-state index in [1.807, 2.05) is 39.0 Å². The largest absolute Gasteiger partial charge is 0.493 e. The van der Waals surface area contributed by atoms with E-state index in [2.05, 4.69) is 18.3 Å². The topological polar surface area (TPSA) is 38.3 Å². The summed E-state index contributed by atoms with van der Waals surface area (Å²) in [5.74, 6) is 1.07. The minimum absolute atomic E-state index is 0.105. The minimum Gasteiger partial charge on any atom is -0.493 e. The first-order chi connectivity index (χ1) is 9.45. The van der Waals surface area contributed by atoms with Crippen LogP contribution in [0, 0.1) is 5.41 Å². The van der Waals surface area contributed by atoms with Crippen LogP contribution in [-0.2, 0) is 11.2 Å². The fraction of sp³-hybridized carbons (Fsp3) is 0.588. The smallest absolute Gasteiger partial charge is 0.225 e. The van der Waals surface area contributed by atoms with Crippen molar-refractivity contribution in [2.75, 3.05) is 13.2 Å². The second-order valence-corrected chi connectivity index (χ2v) is 6.07. The van der Waals surface area contributed by atoms with Gasteiger partial charge in [0, 0.05) is 12.0 Å². The predicted molar refractivity (Wildman–Crippen MR) is 83.0 cm³/mol. The van der Waals surface area contributed by atoms with Gasteiger partial charge in [-0.3, -0.25) is 4.79 Å². The van der Waals surface area contributed by atoms with Gasteiger partial charge in [-0.2, -0.15) is 0 Å². The van der Waals surface area contributed by atoms with E-state index in [-0.39, 0.29) is 11.3 Å². The Kier molecular flexibility index (Phi) is 6.56. The van der Waals surface area contributed by atoms with E-state index in [0.717, 1.165) is 31.6 Å². The number of hydrogen-bond acceptors (Lipinski definition) is 2. The molecule has 1 amide bonds. The summed E-state index contributed by atoms with van der Waals surface area (Å²) in [6.07, 6.45) is 2.86. The Balaban J connectivity index is 2.40. The highest BCUT2D eigenvalue weighted by Crippen LogP contribution is 2.19. The molecule has 0 heterocycles. The van der Waals surface area contributed by atoms with Crippen molar-refractivity contribution in [3.05, 3.63) is 29.8 Å². The van der Waals surface area contributed by atoms with Crippen molar-refractivity contribution in [1.82, 2.24) is 5.32 Å². The second-order valence-electron chi connectivity index (χ2n) is 6.07. The third-order valence-corrected chi connectivity index (χ3v) is 3.02. The molecule has 3 heteroatoms. The average molecular weight is 277 g/mol. The lowest BCUT2D eigenvalue weighted by molar-refractivity contribution is -0.128. The van der Waals surface area contributed by atoms with E-state index in [1.165, 1.54) is 5.56 Å². The molecule has 1 aromatic carbocycles. The third kappa shape index (κ3) is 5.64. The Morgan fingerprint density at radius 2 is 1.95 bits per heavy atom. The lowest BCUT2D eigenvalue weighted by Crippen LogP contribution is -2.35. The zero-order valence-electron chi connectivity index (χ0n) is 13.2. The number of hydrogen-bond donors (Lipinski definition) is 1. The van der Waals surface area contributed by atoms with E-state index in [1.54, 1.807) is 0 Å². The van der Waals surface area contributed by atoms with Crippen LogP contribution < -0.4 is 10.1 Å². The van der Waals surface area contributed by atoms with Crippen LogP contribution in [0.1, 0.15) is 46.1 Å². The van der Waals surface area contributed by atoms with Gasteiger partial charge in [0.2, 0.25) is 5.91 Å². The van der Waals surface area contributed by atoms with E-state index in [4.69, 9.17) is 4.74 Å². The van der Waals surface area contributed by atoms with Gasteiger partial charge in [-0.1, -0.05) is 45.9 Å². The monoisotopic (exact) mass is 277 g/mol. The molecular formula is C17H27NO2. The van der Waals surface area contributed by atoms with Gasteiger partial charge in [-0.05, 0) is 30.9 Å². The van der Waals surface area contributed by atoms with Gasteiger partial charge >= 0.3 is 0 Å². The average Bonchev–Trinajstić information content (AvgIpc) is 2.41. The molecule has 0 saturated carbocycles. The highest BCUT2D eigenvalue weighted by atomic mass is 16.5. The fourth-order valence-corrected chi connectivity index (χ4v) is 1.81. The Morgan fingerprint density at radius 3 is 2.60 bits per heavy atom. The summed E-state index contributed by atoms with van der Waals surface area (Å²) < 4.78 is 5.73. The van der Waals surface area contributed by atoms with Crippen molar-refractivity contribution in [3.8, 4) is 5.75 Å². The quantitative estimate of drug-likeness (QED) is 0.774. The van der Waals surface area contributed by atoms with Crippen LogP contribution in [0.15, 0.2) is 24.3 Å². The van der Waals surface area contributed by atoms with Crippen LogP contribution in [0.4, 0.5) is 0 Å². The van der Waals surface area contributed by atoms with Gasteiger partial charge in [0.25, 0.3) is 0 Å². The molecular weight excluding hydrogens is 250 g/mol. The highest BCUT2D eigenvalue weighted by Gasteiger charge is 2.20. The maximum absolute atomic E-state index is 11.7. The molecule has 0 aromatic heterocycles. The molecule has 0 spiro atoms. The normalized spacial score (nSPS) is 11.2. The summed E-state index contributed by atoms with van der Waals surface area (Å²) >= 11 is 0. The summed E-state index contributed by atoms with van der Waals surface area (Å²) in [6, 6.07) is 8.13. The molecule has 20 heavy (non-hydrogen) atoms. The van der Waals surface area contributed by atoms with Crippen LogP contribution in [-0.4, -0.2) is 19.1 Å². The maximum atomic E-state index is 11.7. The molecule has 3 nitrogen and oxygen atoms in total. The molecule has 0 saturated heterocycles. The Hall–Kier alpha value is -1.51. The molecule has 0 unspecified atom stereocenters. The number of aryl methyl sites for hydroxylation is 1. The Bertz CT molecular complexity index is 421. The second kappa shape index (κ2) is 7.93. The first-order valence-corrected chi connectivity index (χ1v) is 7.44. The molecule has 1 rings (SSSR count). The third-order valence-electron chi connectivity index (χ3n) is 3.02. The lowest BCUT2D eigenvalue weighted by atomic mass is 9.95. The number of benzene rings is 1. The summed E-state index contributed by atoms with van der Waals surface area (Å²) in [4.78, 5) is 11.7. The molecule has 112 valence electrons. The summed E-state index contributed by atoms with van der Waals surface area (Å²) in [5, 5.41) is 2.98. The number of carbonyl (C=O) groups is 1. The van der Waals surface area contributed by atoms with E-state index >= 15 is 0 Å². The molecule has 1 N–H and O–H groups in total. The Labute approximate surface area is 122 Å². The van der Waals surface area contributed by atoms with Gasteiger partial charge < -0.3 is 10.1 Å². The maximum Gasteiger partial charge on any atom is 0.225 e. The molecule has 0 bridgehead atoms. The van der Waals surface area contributed by atoms with Gasteiger partial charge in [-0.25, -0.2) is 0 Å². The molecule has 0 atom stereocenters. The first-order valence-electron chi connectivity index (χ1n) is 7.44. The molecule has 0 aliphatic carbocycles. The van der Waals surface area contributed by atoms with Gasteiger partial charge in [0.05, 0.1) is 6.61 Å². The first kappa shape index (κ1) is 16.5. The zero-order valence-corrected chi connectivity index (χ0v) is 13.2. The number of ether oxygens (including phenoxy) is 1. The van der Waals surface area contributed by atoms with Gasteiger partial charge in [0.15, 0.2) is 0 Å². The molecule has 0 radical (unpaired) electrons. The molecule has 0 aliphatic heterocycles. The van der Waals surface area contributed by atoms with Crippen molar-refractivity contribution >= 4 is 5.91 Å². The van der Waals surface area contributed by atoms with Crippen LogP contribution >= 0.6 is 0 Å². The van der Waals surface area contributed by atoms with Crippen molar-refractivity contribution in [1.29, 1.82) is 0 Å². The lowest BCUT2D eigenvalue weighted by Gasteiger charge is -2.17. The van der Waals surface area contributed by atoms with Gasteiger partial charge in [0.1, 0.15) is 5.75 Å². The van der Waals surface area contributed by atoms with Crippen LogP contribution in [0.3, 0.4) is 0 Å². The Morgan fingerprint density at radius 1 is 1.25 bits per heavy atom. The number of nitrogens with one attached hydrogen (secondary N) is 1. The van der Waals surface area contributed by atoms with Crippen LogP contribution in [0.25, 0.3) is 0 Å². The number of carbonyl (C=O) groups excluding carboxylic acids is 1.